The van der Waals surface area contributed by atoms with Gasteiger partial charge in [-0.05, 0) is 42.8 Å². The van der Waals surface area contributed by atoms with Crippen molar-refractivity contribution >= 4 is 49.2 Å². The summed E-state index contributed by atoms with van der Waals surface area (Å²) in [6.07, 6.45) is 0. The van der Waals surface area contributed by atoms with Crippen molar-refractivity contribution in [2.24, 2.45) is 5.14 Å². The first-order chi connectivity index (χ1) is 14.2. The molecule has 10 nitrogen and oxygen atoms in total. The number of ether oxygens (including phenoxy) is 1. The van der Waals surface area contributed by atoms with Gasteiger partial charge in [0.25, 0.3) is 5.91 Å². The predicted octanol–water partition coefficient (Wildman–Crippen LogP) is 1.34. The van der Waals surface area contributed by atoms with Crippen LogP contribution in [0, 0.1) is 6.92 Å². The van der Waals surface area contributed by atoms with Gasteiger partial charge in [0.1, 0.15) is 4.90 Å². The minimum Gasteiger partial charge on any atom is -0.452 e. The highest BCUT2D eigenvalue weighted by Crippen LogP contribution is 2.23. The number of nitrogens with two attached hydrogens (primary N) is 1. The lowest BCUT2D eigenvalue weighted by Gasteiger charge is -2.14. The van der Waals surface area contributed by atoms with Crippen LogP contribution in [0.3, 0.4) is 0 Å². The Kier molecular flexibility index (Phi) is 7.44. The molecule has 0 fully saturated rings. The maximum atomic E-state index is 12.3. The molecule has 0 saturated carbocycles. The van der Waals surface area contributed by atoms with Crippen LogP contribution < -0.4 is 10.5 Å². The molecule has 0 saturated heterocycles. The number of hydrogen-bond donors (Lipinski definition) is 2. The van der Waals surface area contributed by atoms with E-state index in [-0.39, 0.29) is 21.2 Å². The fourth-order valence-electron chi connectivity index (χ4n) is 2.36. The molecule has 0 heterocycles. The number of carbonyl (C=O) groups excluding carboxylic acids is 2. The van der Waals surface area contributed by atoms with Crippen molar-refractivity contribution in [3.05, 3.63) is 52.5 Å². The van der Waals surface area contributed by atoms with Crippen LogP contribution in [0.25, 0.3) is 0 Å². The lowest BCUT2D eigenvalue weighted by molar-refractivity contribution is -0.119. The lowest BCUT2D eigenvalue weighted by atomic mass is 10.2. The molecule has 31 heavy (non-hydrogen) atoms. The smallest absolute Gasteiger partial charge is 0.338 e. The molecule has 168 valence electrons. The average Bonchev–Trinajstić information content (AvgIpc) is 2.67. The number of aryl methyl sites for hydroxylation is 1. The number of nitrogens with zero attached hydrogens (tertiary/aromatic N) is 1. The van der Waals surface area contributed by atoms with Crippen molar-refractivity contribution in [1.82, 2.24) is 4.31 Å². The van der Waals surface area contributed by atoms with Gasteiger partial charge in [0, 0.05) is 19.8 Å². The van der Waals surface area contributed by atoms with Crippen molar-refractivity contribution in [3.8, 4) is 0 Å². The van der Waals surface area contributed by atoms with E-state index in [0.717, 1.165) is 16.4 Å². The van der Waals surface area contributed by atoms with Crippen LogP contribution in [-0.2, 0) is 29.6 Å². The Labute approximate surface area is 185 Å². The van der Waals surface area contributed by atoms with Crippen LogP contribution in [0.2, 0.25) is 5.02 Å². The number of anilines is 1. The molecule has 0 aliphatic rings. The van der Waals surface area contributed by atoms with Crippen LogP contribution in [0.5, 0.6) is 0 Å². The quantitative estimate of drug-likeness (QED) is 0.556. The third-order valence-corrected chi connectivity index (χ3v) is 7.27. The Hall–Kier alpha value is -2.51. The summed E-state index contributed by atoms with van der Waals surface area (Å²) in [5.41, 5.74) is 0.649. The Bertz CT molecular complexity index is 1240. The molecular weight excluding hydrogens is 470 g/mol. The molecule has 0 unspecified atom stereocenters. The Balaban J connectivity index is 2.12. The Morgan fingerprint density at radius 3 is 2.32 bits per heavy atom. The Morgan fingerprint density at radius 1 is 1.10 bits per heavy atom. The third-order valence-electron chi connectivity index (χ3n) is 4.07. The van der Waals surface area contributed by atoms with Gasteiger partial charge < -0.3 is 10.1 Å². The van der Waals surface area contributed by atoms with Crippen molar-refractivity contribution in [2.45, 2.75) is 16.7 Å². The normalized spacial score (nSPS) is 11.9. The van der Waals surface area contributed by atoms with E-state index in [9.17, 15) is 26.4 Å². The van der Waals surface area contributed by atoms with Crippen LogP contribution in [0.15, 0.2) is 46.2 Å². The molecule has 3 N–H and O–H groups in total. The molecule has 2 rings (SSSR count). The topological polar surface area (TPSA) is 153 Å². The van der Waals surface area contributed by atoms with Gasteiger partial charge in [-0.15, -0.1) is 0 Å². The molecule has 0 radical (unpaired) electrons. The van der Waals surface area contributed by atoms with Crippen LogP contribution >= 0.6 is 11.6 Å². The molecule has 2 aromatic carbocycles. The van der Waals surface area contributed by atoms with Crippen molar-refractivity contribution in [3.63, 3.8) is 0 Å². The molecule has 0 aliphatic carbocycles. The zero-order chi connectivity index (χ0) is 23.6. The van der Waals surface area contributed by atoms with E-state index in [1.807, 2.05) is 0 Å². The summed E-state index contributed by atoms with van der Waals surface area (Å²) in [6, 6.07) is 7.55. The number of benzene rings is 2. The third kappa shape index (κ3) is 6.02. The maximum Gasteiger partial charge on any atom is 0.338 e. The van der Waals surface area contributed by atoms with E-state index < -0.39 is 43.4 Å². The summed E-state index contributed by atoms with van der Waals surface area (Å²) in [7, 11) is -5.11. The first kappa shape index (κ1) is 24.8. The van der Waals surface area contributed by atoms with E-state index in [4.69, 9.17) is 21.5 Å². The summed E-state index contributed by atoms with van der Waals surface area (Å²) >= 11 is 5.76. The number of amides is 1. The zero-order valence-electron chi connectivity index (χ0n) is 16.7. The number of sulfonamides is 2. The van der Waals surface area contributed by atoms with Crippen LogP contribution in [0.1, 0.15) is 15.9 Å². The zero-order valence-corrected chi connectivity index (χ0v) is 19.1. The molecule has 13 heteroatoms. The molecule has 0 aromatic heterocycles. The highest BCUT2D eigenvalue weighted by molar-refractivity contribution is 7.89. The van der Waals surface area contributed by atoms with E-state index in [2.05, 4.69) is 5.32 Å². The highest BCUT2D eigenvalue weighted by atomic mass is 35.5. The van der Waals surface area contributed by atoms with Gasteiger partial charge >= 0.3 is 5.97 Å². The number of carbonyl (C=O) groups is 2. The second-order valence-corrected chi connectivity index (χ2v) is 10.7. The minimum absolute atomic E-state index is 0.0212. The van der Waals surface area contributed by atoms with Crippen molar-refractivity contribution < 1.29 is 31.2 Å². The van der Waals surface area contributed by atoms with Gasteiger partial charge in [0.15, 0.2) is 6.61 Å². The minimum atomic E-state index is -4.16. The molecule has 0 aliphatic heterocycles. The van der Waals surface area contributed by atoms with Gasteiger partial charge in [0.2, 0.25) is 20.0 Å². The monoisotopic (exact) mass is 489 g/mol. The summed E-state index contributed by atoms with van der Waals surface area (Å²) in [6.45, 7) is 0.965. The van der Waals surface area contributed by atoms with Crippen LogP contribution in [0.4, 0.5) is 5.69 Å². The first-order valence-corrected chi connectivity index (χ1v) is 11.9. The molecule has 0 spiro atoms. The first-order valence-electron chi connectivity index (χ1n) is 8.56. The number of rotatable bonds is 7. The molecule has 2 aromatic rings. The molecule has 0 bridgehead atoms. The average molecular weight is 490 g/mol. The number of hydrogen-bond acceptors (Lipinski definition) is 7. The summed E-state index contributed by atoms with van der Waals surface area (Å²) in [5.74, 6) is -1.70. The summed E-state index contributed by atoms with van der Waals surface area (Å²) < 4.78 is 53.4. The van der Waals surface area contributed by atoms with Crippen molar-refractivity contribution in [1.29, 1.82) is 0 Å². The molecule has 1 amide bonds. The van der Waals surface area contributed by atoms with Gasteiger partial charge in [-0.25, -0.2) is 31.1 Å². The maximum absolute atomic E-state index is 12.3. The molecular formula is C18H20ClN3O7S2. The van der Waals surface area contributed by atoms with E-state index in [1.54, 1.807) is 6.92 Å². The lowest BCUT2D eigenvalue weighted by Crippen LogP contribution is -2.24. The van der Waals surface area contributed by atoms with E-state index in [1.165, 1.54) is 38.4 Å². The number of nitrogens with one attached hydrogen (secondary N) is 1. The fourth-order valence-corrected chi connectivity index (χ4v) is 4.36. The van der Waals surface area contributed by atoms with Gasteiger partial charge in [-0.3, -0.25) is 4.79 Å². The van der Waals surface area contributed by atoms with Crippen LogP contribution in [-0.4, -0.2) is 53.7 Å². The van der Waals surface area contributed by atoms with E-state index >= 15 is 0 Å². The summed E-state index contributed by atoms with van der Waals surface area (Å²) in [5, 5.41) is 7.35. The number of esters is 1. The number of primary sulfonamides is 1. The predicted molar refractivity (Wildman–Crippen MR) is 114 cm³/mol. The molecule has 0 atom stereocenters. The highest BCUT2D eigenvalue weighted by Gasteiger charge is 2.20. The van der Waals surface area contributed by atoms with Gasteiger partial charge in [-0.2, -0.15) is 0 Å². The standard InChI is InChI=1S/C18H20ClN3O7S2/c1-11-4-6-13(31(27,28)22(2)3)9-15(11)21-17(23)10-29-18(24)12-5-7-14(19)16(8-12)30(20,25)26/h4-9H,10H2,1-3H3,(H,21,23)(H2,20,25,26). The van der Waals surface area contributed by atoms with Crippen molar-refractivity contribution in [2.75, 3.05) is 26.0 Å². The van der Waals surface area contributed by atoms with Gasteiger partial charge in [-0.1, -0.05) is 17.7 Å². The Morgan fingerprint density at radius 2 is 1.74 bits per heavy atom. The largest absolute Gasteiger partial charge is 0.452 e. The fraction of sp³-hybridized carbons (Fsp3) is 0.222. The number of halogens is 1. The summed E-state index contributed by atoms with van der Waals surface area (Å²) in [4.78, 5) is 23.9. The SMILES string of the molecule is Cc1ccc(S(=O)(=O)N(C)C)cc1NC(=O)COC(=O)c1ccc(Cl)c(S(N)(=O)=O)c1. The van der Waals surface area contributed by atoms with E-state index in [0.29, 0.717) is 5.56 Å². The second-order valence-electron chi connectivity index (χ2n) is 6.58. The van der Waals surface area contributed by atoms with Gasteiger partial charge in [0.05, 0.1) is 15.5 Å². The second kappa shape index (κ2) is 9.32.